The Kier molecular flexibility index (Phi) is 2.06. The van der Waals surface area contributed by atoms with Gasteiger partial charge < -0.3 is 10.2 Å². The van der Waals surface area contributed by atoms with E-state index >= 15 is 0 Å². The van der Waals surface area contributed by atoms with Crippen molar-refractivity contribution in [2.24, 2.45) is 5.73 Å². The number of nitrogens with zero attached hydrogens (tertiary/aromatic N) is 2. The van der Waals surface area contributed by atoms with Crippen molar-refractivity contribution in [1.29, 1.82) is 0 Å². The van der Waals surface area contributed by atoms with E-state index in [9.17, 15) is 0 Å². The summed E-state index contributed by atoms with van der Waals surface area (Å²) in [6.45, 7) is 0.457. The molecular formula is C9H9N3O. The SMILES string of the molecule is NCc1cnc(-c2ccco2)nc1. The third-order valence-corrected chi connectivity index (χ3v) is 1.68. The van der Waals surface area contributed by atoms with Crippen LogP contribution in [0.25, 0.3) is 11.6 Å². The number of hydrogen-bond acceptors (Lipinski definition) is 4. The maximum absolute atomic E-state index is 5.42. The Labute approximate surface area is 75.4 Å². The van der Waals surface area contributed by atoms with Crippen LogP contribution in [0, 0.1) is 0 Å². The lowest BCUT2D eigenvalue weighted by molar-refractivity contribution is 0.577. The molecule has 66 valence electrons. The summed E-state index contributed by atoms with van der Waals surface area (Å²) < 4.78 is 5.14. The molecule has 2 aromatic heterocycles. The molecule has 2 N–H and O–H groups in total. The molecule has 0 aliphatic carbocycles. The van der Waals surface area contributed by atoms with Crippen molar-refractivity contribution in [3.8, 4) is 11.6 Å². The highest BCUT2D eigenvalue weighted by Crippen LogP contribution is 2.13. The van der Waals surface area contributed by atoms with Crippen molar-refractivity contribution in [1.82, 2.24) is 9.97 Å². The summed E-state index contributed by atoms with van der Waals surface area (Å²) in [5.74, 6) is 1.26. The van der Waals surface area contributed by atoms with Crippen molar-refractivity contribution in [2.45, 2.75) is 6.54 Å². The summed E-state index contributed by atoms with van der Waals surface area (Å²) in [6.07, 6.45) is 4.99. The summed E-state index contributed by atoms with van der Waals surface area (Å²) in [6, 6.07) is 3.62. The van der Waals surface area contributed by atoms with Crippen LogP contribution in [0.5, 0.6) is 0 Å². The highest BCUT2D eigenvalue weighted by molar-refractivity contribution is 5.45. The van der Waals surface area contributed by atoms with E-state index < -0.39 is 0 Å². The molecule has 0 radical (unpaired) electrons. The maximum atomic E-state index is 5.42. The molecule has 0 spiro atoms. The van der Waals surface area contributed by atoms with Crippen molar-refractivity contribution in [2.75, 3.05) is 0 Å². The van der Waals surface area contributed by atoms with E-state index in [2.05, 4.69) is 9.97 Å². The van der Waals surface area contributed by atoms with E-state index in [1.54, 1.807) is 24.7 Å². The van der Waals surface area contributed by atoms with Gasteiger partial charge in [-0.2, -0.15) is 0 Å². The zero-order chi connectivity index (χ0) is 9.10. The summed E-state index contributed by atoms with van der Waals surface area (Å²) in [5, 5.41) is 0. The van der Waals surface area contributed by atoms with Gasteiger partial charge in [-0.05, 0) is 12.1 Å². The molecule has 4 nitrogen and oxygen atoms in total. The lowest BCUT2D eigenvalue weighted by atomic mass is 10.3. The van der Waals surface area contributed by atoms with Gasteiger partial charge in [0, 0.05) is 24.5 Å². The molecule has 0 fully saturated rings. The Morgan fingerprint density at radius 1 is 1.31 bits per heavy atom. The molecule has 0 amide bonds. The van der Waals surface area contributed by atoms with E-state index in [0.717, 1.165) is 5.56 Å². The van der Waals surface area contributed by atoms with E-state index in [1.165, 1.54) is 0 Å². The van der Waals surface area contributed by atoms with Gasteiger partial charge >= 0.3 is 0 Å². The Morgan fingerprint density at radius 3 is 2.62 bits per heavy atom. The van der Waals surface area contributed by atoms with Crippen LogP contribution in [0.2, 0.25) is 0 Å². The molecule has 2 rings (SSSR count). The summed E-state index contributed by atoms with van der Waals surface area (Å²) in [7, 11) is 0. The third kappa shape index (κ3) is 1.57. The monoisotopic (exact) mass is 175 g/mol. The van der Waals surface area contributed by atoms with E-state index in [1.807, 2.05) is 6.07 Å². The third-order valence-electron chi connectivity index (χ3n) is 1.68. The minimum absolute atomic E-state index is 0.457. The fourth-order valence-electron chi connectivity index (χ4n) is 0.993. The second-order valence-electron chi connectivity index (χ2n) is 2.60. The van der Waals surface area contributed by atoms with Crippen LogP contribution in [0.15, 0.2) is 35.2 Å². The fourth-order valence-corrected chi connectivity index (χ4v) is 0.993. The van der Waals surface area contributed by atoms with E-state index in [-0.39, 0.29) is 0 Å². The molecule has 0 aliphatic heterocycles. The Hall–Kier alpha value is -1.68. The molecule has 13 heavy (non-hydrogen) atoms. The van der Waals surface area contributed by atoms with Gasteiger partial charge in [-0.3, -0.25) is 0 Å². The van der Waals surface area contributed by atoms with E-state index in [4.69, 9.17) is 10.2 Å². The molecule has 0 atom stereocenters. The van der Waals surface area contributed by atoms with Crippen molar-refractivity contribution >= 4 is 0 Å². The lowest BCUT2D eigenvalue weighted by Crippen LogP contribution is -1.98. The van der Waals surface area contributed by atoms with Gasteiger partial charge in [-0.1, -0.05) is 0 Å². The average molecular weight is 175 g/mol. The highest BCUT2D eigenvalue weighted by atomic mass is 16.3. The van der Waals surface area contributed by atoms with Crippen LogP contribution in [0.1, 0.15) is 5.56 Å². The first-order chi connectivity index (χ1) is 6.40. The second kappa shape index (κ2) is 3.37. The summed E-state index contributed by atoms with van der Waals surface area (Å²) >= 11 is 0. The van der Waals surface area contributed by atoms with Crippen LogP contribution in [0.4, 0.5) is 0 Å². The summed E-state index contributed by atoms with van der Waals surface area (Å²) in [5.41, 5.74) is 6.33. The Balaban J connectivity index is 2.33. The second-order valence-corrected chi connectivity index (χ2v) is 2.60. The Bertz CT molecular complexity index is 366. The highest BCUT2D eigenvalue weighted by Gasteiger charge is 2.02. The zero-order valence-electron chi connectivity index (χ0n) is 6.97. The minimum atomic E-state index is 0.457. The smallest absolute Gasteiger partial charge is 0.195 e. The predicted octanol–water partition coefficient (Wildman–Crippen LogP) is 1.20. The number of nitrogens with two attached hydrogens (primary N) is 1. The van der Waals surface area contributed by atoms with Crippen molar-refractivity contribution < 1.29 is 4.42 Å². The molecule has 0 aliphatic rings. The van der Waals surface area contributed by atoms with Crippen LogP contribution in [-0.2, 0) is 6.54 Å². The number of furan rings is 1. The van der Waals surface area contributed by atoms with Crippen molar-refractivity contribution in [3.05, 3.63) is 36.4 Å². The normalized spacial score (nSPS) is 10.2. The largest absolute Gasteiger partial charge is 0.461 e. The first-order valence-corrected chi connectivity index (χ1v) is 3.95. The van der Waals surface area contributed by atoms with Gasteiger partial charge in [-0.15, -0.1) is 0 Å². The van der Waals surface area contributed by atoms with Gasteiger partial charge in [-0.25, -0.2) is 9.97 Å². The predicted molar refractivity (Wildman–Crippen MR) is 47.6 cm³/mol. The van der Waals surface area contributed by atoms with Gasteiger partial charge in [0.2, 0.25) is 0 Å². The number of rotatable bonds is 2. The molecule has 0 unspecified atom stereocenters. The first-order valence-electron chi connectivity index (χ1n) is 3.95. The molecule has 0 saturated heterocycles. The van der Waals surface area contributed by atoms with E-state index in [0.29, 0.717) is 18.1 Å². The molecule has 0 saturated carbocycles. The zero-order valence-corrected chi connectivity index (χ0v) is 6.97. The molecule has 2 heterocycles. The van der Waals surface area contributed by atoms with Crippen LogP contribution >= 0.6 is 0 Å². The fraction of sp³-hybridized carbons (Fsp3) is 0.111. The average Bonchev–Trinajstić information content (AvgIpc) is 2.71. The standard InChI is InChI=1S/C9H9N3O/c10-4-7-5-11-9(12-6-7)8-2-1-3-13-8/h1-3,5-6H,4,10H2. The molecular weight excluding hydrogens is 166 g/mol. The van der Waals surface area contributed by atoms with Gasteiger partial charge in [0.1, 0.15) is 0 Å². The number of hydrogen-bond donors (Lipinski definition) is 1. The molecule has 4 heteroatoms. The van der Waals surface area contributed by atoms with Crippen LogP contribution in [0.3, 0.4) is 0 Å². The molecule has 0 bridgehead atoms. The first kappa shape index (κ1) is 7.94. The van der Waals surface area contributed by atoms with Gasteiger partial charge in [0.05, 0.1) is 6.26 Å². The topological polar surface area (TPSA) is 64.9 Å². The minimum Gasteiger partial charge on any atom is -0.461 e. The van der Waals surface area contributed by atoms with Gasteiger partial charge in [0.25, 0.3) is 0 Å². The van der Waals surface area contributed by atoms with Crippen LogP contribution < -0.4 is 5.73 Å². The lowest BCUT2D eigenvalue weighted by Gasteiger charge is -1.96. The number of aromatic nitrogens is 2. The molecule has 2 aromatic rings. The quantitative estimate of drug-likeness (QED) is 0.744. The Morgan fingerprint density at radius 2 is 2.08 bits per heavy atom. The van der Waals surface area contributed by atoms with Crippen LogP contribution in [-0.4, -0.2) is 9.97 Å². The van der Waals surface area contributed by atoms with Gasteiger partial charge in [0.15, 0.2) is 11.6 Å². The molecule has 0 aromatic carbocycles. The summed E-state index contributed by atoms with van der Waals surface area (Å²) in [4.78, 5) is 8.21. The van der Waals surface area contributed by atoms with Crippen molar-refractivity contribution in [3.63, 3.8) is 0 Å². The maximum Gasteiger partial charge on any atom is 0.195 e.